The summed E-state index contributed by atoms with van der Waals surface area (Å²) >= 11 is 1.82. The lowest BCUT2D eigenvalue weighted by Crippen LogP contribution is -2.19. The average molecular weight is 241 g/mol. The summed E-state index contributed by atoms with van der Waals surface area (Å²) in [5, 5.41) is 5.55. The lowest BCUT2D eigenvalue weighted by molar-refractivity contribution is 0.132. The Morgan fingerprint density at radius 1 is 1.31 bits per heavy atom. The van der Waals surface area contributed by atoms with Crippen molar-refractivity contribution in [2.45, 2.75) is 39.7 Å². The van der Waals surface area contributed by atoms with Crippen LogP contribution in [-0.2, 0) is 11.3 Å². The van der Waals surface area contributed by atoms with Crippen molar-refractivity contribution in [3.05, 3.63) is 21.9 Å². The average Bonchev–Trinajstić information content (AvgIpc) is 2.68. The molecule has 0 fully saturated rings. The Morgan fingerprint density at radius 2 is 2.19 bits per heavy atom. The normalized spacial score (nSPS) is 10.9. The van der Waals surface area contributed by atoms with Gasteiger partial charge in [0.2, 0.25) is 0 Å². The monoisotopic (exact) mass is 241 g/mol. The molecular formula is C13H23NOS. The van der Waals surface area contributed by atoms with E-state index in [1.807, 2.05) is 11.3 Å². The smallest absolute Gasteiger partial charge is 0.0591 e. The van der Waals surface area contributed by atoms with Crippen molar-refractivity contribution in [3.8, 4) is 0 Å². The van der Waals surface area contributed by atoms with Crippen molar-refractivity contribution in [3.63, 3.8) is 0 Å². The zero-order chi connectivity index (χ0) is 11.6. The van der Waals surface area contributed by atoms with Crippen LogP contribution in [0.2, 0.25) is 0 Å². The molecule has 16 heavy (non-hydrogen) atoms. The molecule has 0 saturated carbocycles. The zero-order valence-corrected chi connectivity index (χ0v) is 11.2. The number of hydrogen-bond acceptors (Lipinski definition) is 3. The molecule has 0 radical (unpaired) electrons. The third-order valence-electron chi connectivity index (χ3n) is 2.57. The maximum Gasteiger partial charge on any atom is 0.0591 e. The maximum atomic E-state index is 5.53. The fourth-order valence-corrected chi connectivity index (χ4v) is 2.36. The van der Waals surface area contributed by atoms with E-state index in [0.29, 0.717) is 0 Å². The molecule has 3 heteroatoms. The molecule has 0 atom stereocenters. The van der Waals surface area contributed by atoms with Crippen LogP contribution in [-0.4, -0.2) is 19.8 Å². The molecule has 0 aliphatic carbocycles. The summed E-state index contributed by atoms with van der Waals surface area (Å²) in [5.41, 5.74) is 1.39. The Kier molecular flexibility index (Phi) is 7.47. The highest BCUT2D eigenvalue weighted by Gasteiger charge is 1.98. The number of ether oxygens (including phenoxy) is 1. The minimum atomic E-state index is 0.828. The minimum absolute atomic E-state index is 0.828. The summed E-state index contributed by atoms with van der Waals surface area (Å²) in [6.07, 6.45) is 3.74. The fraction of sp³-hybridized carbons (Fsp3) is 0.692. The van der Waals surface area contributed by atoms with Gasteiger partial charge >= 0.3 is 0 Å². The van der Waals surface area contributed by atoms with Crippen LogP contribution in [0.5, 0.6) is 0 Å². The molecule has 1 aromatic heterocycles. The van der Waals surface area contributed by atoms with Crippen LogP contribution in [0.3, 0.4) is 0 Å². The van der Waals surface area contributed by atoms with Crippen molar-refractivity contribution in [2.75, 3.05) is 19.8 Å². The molecule has 0 saturated heterocycles. The van der Waals surface area contributed by atoms with Gasteiger partial charge in [-0.1, -0.05) is 19.8 Å². The first-order valence-corrected chi connectivity index (χ1v) is 7.04. The van der Waals surface area contributed by atoms with E-state index in [1.54, 1.807) is 0 Å². The molecule has 0 aromatic carbocycles. The number of unbranched alkanes of at least 4 members (excludes halogenated alkanes) is 2. The van der Waals surface area contributed by atoms with E-state index >= 15 is 0 Å². The summed E-state index contributed by atoms with van der Waals surface area (Å²) in [5.74, 6) is 0. The van der Waals surface area contributed by atoms with Gasteiger partial charge < -0.3 is 10.1 Å². The molecular weight excluding hydrogens is 218 g/mol. The van der Waals surface area contributed by atoms with E-state index in [1.165, 1.54) is 29.7 Å². The Labute approximate surface area is 103 Å². The second-order valence-electron chi connectivity index (χ2n) is 4.02. The van der Waals surface area contributed by atoms with Gasteiger partial charge in [0.05, 0.1) is 6.61 Å². The number of nitrogens with one attached hydrogen (secondary N) is 1. The highest BCUT2D eigenvalue weighted by atomic mass is 32.1. The van der Waals surface area contributed by atoms with Crippen LogP contribution in [0.4, 0.5) is 0 Å². The summed E-state index contributed by atoms with van der Waals surface area (Å²) in [7, 11) is 0. The van der Waals surface area contributed by atoms with Gasteiger partial charge in [-0.05, 0) is 30.4 Å². The minimum Gasteiger partial charge on any atom is -0.380 e. The molecule has 0 amide bonds. The molecule has 0 aliphatic heterocycles. The lowest BCUT2D eigenvalue weighted by Gasteiger charge is -2.05. The van der Waals surface area contributed by atoms with Gasteiger partial charge in [0.15, 0.2) is 0 Å². The van der Waals surface area contributed by atoms with Gasteiger partial charge in [-0.2, -0.15) is 0 Å². The van der Waals surface area contributed by atoms with Crippen molar-refractivity contribution in [2.24, 2.45) is 0 Å². The molecule has 0 bridgehead atoms. The molecule has 0 aliphatic rings. The summed E-state index contributed by atoms with van der Waals surface area (Å²) in [4.78, 5) is 1.44. The number of aryl methyl sites for hydroxylation is 1. The largest absolute Gasteiger partial charge is 0.380 e. The molecule has 1 rings (SSSR count). The van der Waals surface area contributed by atoms with Crippen molar-refractivity contribution < 1.29 is 4.74 Å². The first-order valence-electron chi connectivity index (χ1n) is 6.16. The van der Waals surface area contributed by atoms with Crippen LogP contribution < -0.4 is 5.32 Å². The van der Waals surface area contributed by atoms with E-state index in [2.05, 4.69) is 30.6 Å². The quantitative estimate of drug-likeness (QED) is 0.669. The first kappa shape index (κ1) is 13.7. The fourth-order valence-electron chi connectivity index (χ4n) is 1.49. The van der Waals surface area contributed by atoms with Gasteiger partial charge in [0, 0.05) is 24.6 Å². The summed E-state index contributed by atoms with van der Waals surface area (Å²) < 4.78 is 5.53. The SMILES string of the molecule is CCCCCOCCNCc1sccc1C. The van der Waals surface area contributed by atoms with Gasteiger partial charge in [0.25, 0.3) is 0 Å². The standard InChI is InChI=1S/C13H23NOS/c1-3-4-5-8-15-9-7-14-11-13-12(2)6-10-16-13/h6,10,14H,3-5,7-9,11H2,1-2H3. The predicted molar refractivity (Wildman–Crippen MR) is 71.1 cm³/mol. The van der Waals surface area contributed by atoms with Crippen LogP contribution in [0.15, 0.2) is 11.4 Å². The zero-order valence-electron chi connectivity index (χ0n) is 10.4. The van der Waals surface area contributed by atoms with E-state index < -0.39 is 0 Å². The van der Waals surface area contributed by atoms with E-state index in [0.717, 1.165) is 26.3 Å². The van der Waals surface area contributed by atoms with Gasteiger partial charge in [0.1, 0.15) is 0 Å². The third-order valence-corrected chi connectivity index (χ3v) is 3.59. The highest BCUT2D eigenvalue weighted by molar-refractivity contribution is 7.10. The van der Waals surface area contributed by atoms with Crippen molar-refractivity contribution in [1.82, 2.24) is 5.32 Å². The van der Waals surface area contributed by atoms with Crippen molar-refractivity contribution >= 4 is 11.3 Å². The molecule has 0 spiro atoms. The topological polar surface area (TPSA) is 21.3 Å². The lowest BCUT2D eigenvalue weighted by atomic mass is 10.3. The van der Waals surface area contributed by atoms with Crippen LogP contribution >= 0.6 is 11.3 Å². The number of thiophene rings is 1. The van der Waals surface area contributed by atoms with Crippen LogP contribution in [0.25, 0.3) is 0 Å². The first-order chi connectivity index (χ1) is 7.84. The summed E-state index contributed by atoms with van der Waals surface area (Å²) in [6.45, 7) is 8.03. The molecule has 1 N–H and O–H groups in total. The second kappa shape index (κ2) is 8.74. The molecule has 1 heterocycles. The molecule has 2 nitrogen and oxygen atoms in total. The molecule has 92 valence electrons. The van der Waals surface area contributed by atoms with Crippen LogP contribution in [0, 0.1) is 6.92 Å². The Morgan fingerprint density at radius 3 is 2.88 bits per heavy atom. The maximum absolute atomic E-state index is 5.53. The van der Waals surface area contributed by atoms with Gasteiger partial charge in [-0.3, -0.25) is 0 Å². The van der Waals surface area contributed by atoms with Gasteiger partial charge in [-0.25, -0.2) is 0 Å². The van der Waals surface area contributed by atoms with E-state index in [4.69, 9.17) is 4.74 Å². The molecule has 1 aromatic rings. The Balaban J connectivity index is 1.91. The highest BCUT2D eigenvalue weighted by Crippen LogP contribution is 2.14. The molecule has 0 unspecified atom stereocenters. The van der Waals surface area contributed by atoms with E-state index in [-0.39, 0.29) is 0 Å². The summed E-state index contributed by atoms with van der Waals surface area (Å²) in [6, 6.07) is 2.17. The number of hydrogen-bond donors (Lipinski definition) is 1. The second-order valence-corrected chi connectivity index (χ2v) is 5.02. The number of rotatable bonds is 9. The Hall–Kier alpha value is -0.380. The third kappa shape index (κ3) is 5.64. The van der Waals surface area contributed by atoms with E-state index in [9.17, 15) is 0 Å². The van der Waals surface area contributed by atoms with Crippen molar-refractivity contribution in [1.29, 1.82) is 0 Å². The van der Waals surface area contributed by atoms with Gasteiger partial charge in [-0.15, -0.1) is 11.3 Å². The Bertz CT molecular complexity index is 273. The predicted octanol–water partition coefficient (Wildman–Crippen LogP) is 3.35. The van der Waals surface area contributed by atoms with Crippen LogP contribution in [0.1, 0.15) is 36.6 Å².